The molecule has 1 atom stereocenters. The number of rotatable bonds is 6. The summed E-state index contributed by atoms with van der Waals surface area (Å²) >= 11 is 0. The Morgan fingerprint density at radius 3 is 2.40 bits per heavy atom. The van der Waals surface area contributed by atoms with E-state index >= 15 is 0 Å². The van der Waals surface area contributed by atoms with E-state index in [0.717, 1.165) is 24.1 Å². The van der Waals surface area contributed by atoms with Crippen LogP contribution in [0.25, 0.3) is 0 Å². The number of carbonyl (C=O) groups excluding carboxylic acids is 2. The van der Waals surface area contributed by atoms with Gasteiger partial charge in [-0.3, -0.25) is 9.59 Å². The molecule has 8 nitrogen and oxygen atoms in total. The van der Waals surface area contributed by atoms with Gasteiger partial charge < -0.3 is 15.0 Å². The number of amides is 2. The normalized spacial score (nSPS) is 21.0. The Balaban J connectivity index is 1.25. The van der Waals surface area contributed by atoms with E-state index in [0.29, 0.717) is 30.7 Å². The third-order valence-electron chi connectivity index (χ3n) is 7.26. The van der Waals surface area contributed by atoms with Gasteiger partial charge in [0, 0.05) is 36.7 Å². The van der Waals surface area contributed by atoms with Gasteiger partial charge >= 0.3 is 0 Å². The van der Waals surface area contributed by atoms with E-state index in [9.17, 15) is 18.0 Å². The number of anilines is 2. The van der Waals surface area contributed by atoms with Crippen LogP contribution in [0.1, 0.15) is 38.2 Å². The van der Waals surface area contributed by atoms with Gasteiger partial charge in [-0.25, -0.2) is 8.42 Å². The number of fused-ring (bicyclic) bond motifs is 1. The molecule has 2 aromatic rings. The van der Waals surface area contributed by atoms with Crippen molar-refractivity contribution in [3.05, 3.63) is 48.0 Å². The summed E-state index contributed by atoms with van der Waals surface area (Å²) < 4.78 is 33.5. The van der Waals surface area contributed by atoms with E-state index in [1.54, 1.807) is 37.4 Å². The monoisotopic (exact) mass is 497 g/mol. The molecule has 2 amide bonds. The largest absolute Gasteiger partial charge is 0.495 e. The van der Waals surface area contributed by atoms with Crippen LogP contribution in [-0.4, -0.2) is 50.8 Å². The maximum absolute atomic E-state index is 13.4. The number of benzene rings is 2. The first-order valence-corrected chi connectivity index (χ1v) is 13.6. The second-order valence-corrected chi connectivity index (χ2v) is 11.6. The lowest BCUT2D eigenvalue weighted by molar-refractivity contribution is -0.121. The van der Waals surface area contributed by atoms with Crippen LogP contribution in [0.3, 0.4) is 0 Å². The molecule has 0 radical (unpaired) electrons. The molecule has 1 N–H and O–H groups in total. The fourth-order valence-corrected chi connectivity index (χ4v) is 6.64. The van der Waals surface area contributed by atoms with Gasteiger partial charge in [0.15, 0.2) is 0 Å². The number of ether oxygens (including phenoxy) is 1. The van der Waals surface area contributed by atoms with Crippen molar-refractivity contribution in [2.45, 2.75) is 50.0 Å². The zero-order valence-electron chi connectivity index (χ0n) is 20.1. The summed E-state index contributed by atoms with van der Waals surface area (Å²) in [5, 5.41) is 2.91. The number of carbonyl (C=O) groups is 2. The number of para-hydroxylation sites is 2. The van der Waals surface area contributed by atoms with Crippen molar-refractivity contribution in [2.24, 2.45) is 11.8 Å². The Labute approximate surface area is 206 Å². The van der Waals surface area contributed by atoms with Gasteiger partial charge in [-0.05, 0) is 74.9 Å². The Bertz CT molecular complexity index is 1250. The predicted molar refractivity (Wildman–Crippen MR) is 133 cm³/mol. The van der Waals surface area contributed by atoms with Crippen LogP contribution in [0.2, 0.25) is 0 Å². The van der Waals surface area contributed by atoms with Crippen molar-refractivity contribution in [1.29, 1.82) is 0 Å². The number of hydrogen-bond donors (Lipinski definition) is 1. The molecule has 0 spiro atoms. The van der Waals surface area contributed by atoms with E-state index in [2.05, 4.69) is 5.32 Å². The van der Waals surface area contributed by atoms with Crippen LogP contribution < -0.4 is 15.0 Å². The number of piperidine rings is 1. The summed E-state index contributed by atoms with van der Waals surface area (Å²) in [4.78, 5) is 27.6. The number of nitrogens with one attached hydrogen (secondary N) is 1. The van der Waals surface area contributed by atoms with E-state index in [-0.39, 0.29) is 47.7 Å². The van der Waals surface area contributed by atoms with E-state index in [1.807, 2.05) is 24.0 Å². The minimum Gasteiger partial charge on any atom is -0.495 e. The smallest absolute Gasteiger partial charge is 0.243 e. The van der Waals surface area contributed by atoms with Crippen molar-refractivity contribution in [3.63, 3.8) is 0 Å². The summed E-state index contributed by atoms with van der Waals surface area (Å²) in [6, 6.07) is 12.4. The van der Waals surface area contributed by atoms with Crippen molar-refractivity contribution in [1.82, 2.24) is 4.31 Å². The van der Waals surface area contributed by atoms with Crippen molar-refractivity contribution < 1.29 is 22.7 Å². The zero-order valence-corrected chi connectivity index (χ0v) is 20.9. The number of nitrogens with zero attached hydrogens (tertiary/aromatic N) is 2. The first kappa shape index (κ1) is 23.8. The fourth-order valence-electron chi connectivity index (χ4n) is 5.12. The molecule has 9 heteroatoms. The third-order valence-corrected chi connectivity index (χ3v) is 9.15. The molecular weight excluding hydrogens is 466 g/mol. The molecule has 0 unspecified atom stereocenters. The van der Waals surface area contributed by atoms with Gasteiger partial charge in [-0.2, -0.15) is 4.31 Å². The molecule has 2 heterocycles. The second kappa shape index (κ2) is 9.28. The quantitative estimate of drug-likeness (QED) is 0.660. The maximum Gasteiger partial charge on any atom is 0.243 e. The topological polar surface area (TPSA) is 96.0 Å². The lowest BCUT2D eigenvalue weighted by Crippen LogP contribution is -2.41. The Hall–Kier alpha value is -2.91. The average molecular weight is 498 g/mol. The summed E-state index contributed by atoms with van der Waals surface area (Å²) in [6.07, 6.45) is 3.44. The van der Waals surface area contributed by atoms with Crippen LogP contribution in [0.4, 0.5) is 11.4 Å². The number of sulfonamides is 1. The molecule has 0 bridgehead atoms. The molecule has 2 aromatic carbocycles. The highest BCUT2D eigenvalue weighted by atomic mass is 32.2. The van der Waals surface area contributed by atoms with Gasteiger partial charge in [0.05, 0.1) is 17.7 Å². The molecule has 1 aliphatic carbocycles. The van der Waals surface area contributed by atoms with Crippen LogP contribution >= 0.6 is 0 Å². The second-order valence-electron chi connectivity index (χ2n) is 9.69. The van der Waals surface area contributed by atoms with Crippen molar-refractivity contribution in [2.75, 3.05) is 30.4 Å². The van der Waals surface area contributed by atoms with Gasteiger partial charge in [-0.1, -0.05) is 12.1 Å². The Morgan fingerprint density at radius 1 is 1.00 bits per heavy atom. The molecular formula is C26H31N3O5S. The molecule has 2 aliphatic heterocycles. The third kappa shape index (κ3) is 4.54. The highest BCUT2D eigenvalue weighted by Gasteiger charge is 2.40. The summed E-state index contributed by atoms with van der Waals surface area (Å²) in [7, 11) is -2.13. The highest BCUT2D eigenvalue weighted by molar-refractivity contribution is 7.89. The van der Waals surface area contributed by atoms with Crippen LogP contribution in [0.5, 0.6) is 5.75 Å². The molecule has 35 heavy (non-hydrogen) atoms. The average Bonchev–Trinajstić information content (AvgIpc) is 3.66. The van der Waals surface area contributed by atoms with E-state index in [1.165, 1.54) is 4.31 Å². The van der Waals surface area contributed by atoms with Crippen LogP contribution in [-0.2, 0) is 26.0 Å². The molecule has 0 aromatic heterocycles. The maximum atomic E-state index is 13.4. The molecule has 2 fully saturated rings. The van der Waals surface area contributed by atoms with Gasteiger partial charge in [0.25, 0.3) is 0 Å². The lowest BCUT2D eigenvalue weighted by atomic mass is 9.97. The van der Waals surface area contributed by atoms with Gasteiger partial charge in [0.1, 0.15) is 5.75 Å². The van der Waals surface area contributed by atoms with E-state index in [4.69, 9.17) is 4.74 Å². The summed E-state index contributed by atoms with van der Waals surface area (Å²) in [5.41, 5.74) is 2.34. The standard InChI is InChI=1S/C26H31N3O5S/c1-17-15-20-16-21(9-10-23(20)29(17)26(31)19-7-8-19)35(32,33)28-13-11-18(12-14-28)25(30)27-22-5-3-4-6-24(22)34-2/h3-6,9-10,16-19H,7-8,11-15H2,1-2H3,(H,27,30)/t17-/m0/s1. The molecule has 1 saturated heterocycles. The Kier molecular flexibility index (Phi) is 6.31. The van der Waals surface area contributed by atoms with Crippen LogP contribution in [0, 0.1) is 11.8 Å². The van der Waals surface area contributed by atoms with Crippen molar-refractivity contribution >= 4 is 33.2 Å². The first-order valence-electron chi connectivity index (χ1n) is 12.2. The van der Waals surface area contributed by atoms with Gasteiger partial charge in [-0.15, -0.1) is 0 Å². The number of hydrogen-bond acceptors (Lipinski definition) is 5. The number of methoxy groups -OCH3 is 1. The van der Waals surface area contributed by atoms with Gasteiger partial charge in [0.2, 0.25) is 21.8 Å². The molecule has 186 valence electrons. The van der Waals surface area contributed by atoms with E-state index < -0.39 is 10.0 Å². The predicted octanol–water partition coefficient (Wildman–Crippen LogP) is 3.42. The molecule has 3 aliphatic rings. The summed E-state index contributed by atoms with van der Waals surface area (Å²) in [6.45, 7) is 2.58. The Morgan fingerprint density at radius 2 is 1.71 bits per heavy atom. The van der Waals surface area contributed by atoms with Crippen molar-refractivity contribution in [3.8, 4) is 5.75 Å². The zero-order chi connectivity index (χ0) is 24.7. The first-order chi connectivity index (χ1) is 16.8. The molecule has 5 rings (SSSR count). The minimum atomic E-state index is -3.68. The lowest BCUT2D eigenvalue weighted by Gasteiger charge is -2.30. The summed E-state index contributed by atoms with van der Waals surface area (Å²) in [5.74, 6) is 0.463. The molecule has 1 saturated carbocycles. The minimum absolute atomic E-state index is 0.0357. The highest BCUT2D eigenvalue weighted by Crippen LogP contribution is 2.40. The fraction of sp³-hybridized carbons (Fsp3) is 0.462. The SMILES string of the molecule is COc1ccccc1NC(=O)C1CCN(S(=O)(=O)c2ccc3c(c2)C[C@H](C)N3C(=O)C2CC2)CC1. The van der Waals surface area contributed by atoms with Crippen LogP contribution in [0.15, 0.2) is 47.4 Å².